The van der Waals surface area contributed by atoms with Gasteiger partial charge in [-0.05, 0) is 50.6 Å². The second-order valence-corrected chi connectivity index (χ2v) is 7.22. The minimum absolute atomic E-state index is 0.585. The minimum atomic E-state index is 0.585. The number of nitrogens with one attached hydrogen (secondary N) is 1. The average molecular weight is 397 g/mol. The van der Waals surface area contributed by atoms with Crippen molar-refractivity contribution in [2.75, 3.05) is 56.6 Å². The molecule has 156 valence electrons. The van der Waals surface area contributed by atoms with Crippen molar-refractivity contribution in [2.24, 2.45) is 0 Å². The van der Waals surface area contributed by atoms with Gasteiger partial charge in [0.2, 0.25) is 0 Å². The number of hydrogen-bond acceptors (Lipinski definition) is 6. The Bertz CT molecular complexity index is 788. The zero-order valence-corrected chi connectivity index (χ0v) is 17.3. The predicted molar refractivity (Wildman–Crippen MR) is 120 cm³/mol. The number of rotatable bonds is 10. The Kier molecular flexibility index (Phi) is 7.76. The first-order chi connectivity index (χ1) is 14.2. The Labute approximate surface area is 173 Å². The van der Waals surface area contributed by atoms with E-state index in [1.807, 2.05) is 25.1 Å². The molecule has 2 aromatic carbocycles. The van der Waals surface area contributed by atoms with Crippen molar-refractivity contribution in [3.8, 4) is 11.5 Å². The van der Waals surface area contributed by atoms with Crippen LogP contribution in [0, 0.1) is 5.41 Å². The summed E-state index contributed by atoms with van der Waals surface area (Å²) in [4.78, 5) is 4.95. The van der Waals surface area contributed by atoms with E-state index < -0.39 is 0 Å². The largest absolute Gasteiger partial charge is 0.494 e. The molecule has 29 heavy (non-hydrogen) atoms. The first-order valence-electron chi connectivity index (χ1n) is 10.4. The summed E-state index contributed by atoms with van der Waals surface area (Å²) in [5.74, 6) is 1.75. The van der Waals surface area contributed by atoms with Crippen molar-refractivity contribution in [1.82, 2.24) is 4.90 Å². The monoisotopic (exact) mass is 396 g/mol. The second kappa shape index (κ2) is 10.7. The van der Waals surface area contributed by atoms with Crippen LogP contribution in [0.2, 0.25) is 0 Å². The van der Waals surface area contributed by atoms with Gasteiger partial charge in [-0.1, -0.05) is 12.1 Å². The zero-order chi connectivity index (χ0) is 20.5. The highest BCUT2D eigenvalue weighted by Gasteiger charge is 2.19. The molecule has 1 aliphatic heterocycles. The van der Waals surface area contributed by atoms with Gasteiger partial charge in [0.05, 0.1) is 18.9 Å². The molecule has 1 fully saturated rings. The molecule has 0 amide bonds. The predicted octanol–water partition coefficient (Wildman–Crippen LogP) is 3.65. The Morgan fingerprint density at radius 2 is 1.83 bits per heavy atom. The van der Waals surface area contributed by atoms with Crippen molar-refractivity contribution in [2.45, 2.75) is 19.8 Å². The summed E-state index contributed by atoms with van der Waals surface area (Å²) in [7, 11) is 0. The van der Waals surface area contributed by atoms with E-state index in [0.29, 0.717) is 18.9 Å². The van der Waals surface area contributed by atoms with E-state index in [4.69, 9.17) is 20.6 Å². The quantitative estimate of drug-likeness (QED) is 0.364. The summed E-state index contributed by atoms with van der Waals surface area (Å²) in [5, 5.41) is 7.28. The van der Waals surface area contributed by atoms with Crippen LogP contribution in [-0.4, -0.2) is 57.1 Å². The first kappa shape index (κ1) is 21.0. The molecule has 3 rings (SSSR count). The van der Waals surface area contributed by atoms with Crippen LogP contribution >= 0.6 is 0 Å². The highest BCUT2D eigenvalue weighted by Crippen LogP contribution is 2.28. The molecule has 6 nitrogen and oxygen atoms in total. The molecule has 3 N–H and O–H groups in total. The van der Waals surface area contributed by atoms with E-state index in [-0.39, 0.29) is 0 Å². The third kappa shape index (κ3) is 5.87. The van der Waals surface area contributed by atoms with Crippen LogP contribution in [0.1, 0.15) is 25.3 Å². The van der Waals surface area contributed by atoms with Crippen LogP contribution < -0.4 is 20.1 Å². The van der Waals surface area contributed by atoms with Crippen molar-refractivity contribution >= 4 is 17.6 Å². The molecule has 1 aliphatic rings. The lowest BCUT2D eigenvalue weighted by molar-refractivity contribution is 0.238. The molecular weight excluding hydrogens is 364 g/mol. The lowest BCUT2D eigenvalue weighted by Gasteiger charge is -2.36. The van der Waals surface area contributed by atoms with Crippen LogP contribution in [0.3, 0.4) is 0 Å². The van der Waals surface area contributed by atoms with Gasteiger partial charge in [0.25, 0.3) is 0 Å². The minimum Gasteiger partial charge on any atom is -0.494 e. The number of nitrogens with two attached hydrogens (primary N) is 1. The lowest BCUT2D eigenvalue weighted by atomic mass is 10.2. The molecule has 0 spiro atoms. The molecule has 2 aromatic rings. The van der Waals surface area contributed by atoms with E-state index >= 15 is 0 Å². The molecule has 0 aromatic heterocycles. The Hall–Kier alpha value is -2.73. The van der Waals surface area contributed by atoms with Crippen LogP contribution in [0.5, 0.6) is 11.5 Å². The molecule has 6 heteroatoms. The third-order valence-electron chi connectivity index (χ3n) is 5.23. The van der Waals surface area contributed by atoms with Crippen LogP contribution in [0.4, 0.5) is 11.4 Å². The lowest BCUT2D eigenvalue weighted by Crippen LogP contribution is -2.46. The van der Waals surface area contributed by atoms with E-state index in [1.165, 1.54) is 11.9 Å². The fourth-order valence-corrected chi connectivity index (χ4v) is 3.61. The molecule has 0 aliphatic carbocycles. The molecule has 0 saturated carbocycles. The van der Waals surface area contributed by atoms with Crippen LogP contribution in [-0.2, 0) is 0 Å². The van der Waals surface area contributed by atoms with Gasteiger partial charge >= 0.3 is 0 Å². The smallest absolute Gasteiger partial charge is 0.142 e. The molecule has 1 heterocycles. The number of ether oxygens (including phenoxy) is 2. The van der Waals surface area contributed by atoms with E-state index in [0.717, 1.165) is 62.6 Å². The summed E-state index contributed by atoms with van der Waals surface area (Å²) in [6.45, 7) is 8.70. The fraction of sp³-hybridized carbons (Fsp3) is 0.435. The number of nitrogen functional groups attached to an aromatic ring is 1. The van der Waals surface area contributed by atoms with Crippen molar-refractivity contribution in [1.29, 1.82) is 5.41 Å². The zero-order valence-electron chi connectivity index (χ0n) is 17.3. The maximum atomic E-state index is 7.28. The Morgan fingerprint density at radius 1 is 1.03 bits per heavy atom. The Balaban J connectivity index is 1.35. The normalized spacial score (nSPS) is 14.6. The summed E-state index contributed by atoms with van der Waals surface area (Å²) in [6, 6.07) is 13.8. The molecule has 0 radical (unpaired) electrons. The van der Waals surface area contributed by atoms with Gasteiger partial charge in [0.1, 0.15) is 11.5 Å². The number of piperazine rings is 1. The van der Waals surface area contributed by atoms with Gasteiger partial charge in [-0.3, -0.25) is 4.90 Å². The van der Waals surface area contributed by atoms with Crippen molar-refractivity contribution in [3.63, 3.8) is 0 Å². The molecule has 0 bridgehead atoms. The maximum absolute atomic E-state index is 7.28. The average Bonchev–Trinajstić information content (AvgIpc) is 2.75. The van der Waals surface area contributed by atoms with Gasteiger partial charge < -0.3 is 25.5 Å². The van der Waals surface area contributed by atoms with Crippen LogP contribution in [0.15, 0.2) is 42.5 Å². The topological polar surface area (TPSA) is 74.8 Å². The standard InChI is InChI=1S/C23H32N4O2/c1-2-28-23-8-4-3-7-22(23)27-14-12-26(13-15-27)11-5-6-16-29-20-10-9-19(18-24)21(25)17-20/h3-4,7-10,17-18,24H,2,5-6,11-16,25H2,1H3. The highest BCUT2D eigenvalue weighted by atomic mass is 16.5. The maximum Gasteiger partial charge on any atom is 0.142 e. The summed E-state index contributed by atoms with van der Waals surface area (Å²) < 4.78 is 11.6. The number of para-hydroxylation sites is 2. The summed E-state index contributed by atoms with van der Waals surface area (Å²) in [6.07, 6.45) is 3.39. The number of unbranched alkanes of at least 4 members (excludes halogenated alkanes) is 1. The van der Waals surface area contributed by atoms with Crippen molar-refractivity contribution < 1.29 is 9.47 Å². The molecule has 1 saturated heterocycles. The third-order valence-corrected chi connectivity index (χ3v) is 5.23. The summed E-state index contributed by atoms with van der Waals surface area (Å²) in [5.41, 5.74) is 8.40. The first-order valence-corrected chi connectivity index (χ1v) is 10.4. The number of nitrogens with zero attached hydrogens (tertiary/aromatic N) is 2. The molecule has 0 atom stereocenters. The SMILES string of the molecule is CCOc1ccccc1N1CCN(CCCCOc2ccc(C=N)c(N)c2)CC1. The van der Waals surface area contributed by atoms with E-state index in [1.54, 1.807) is 6.07 Å². The number of hydrogen-bond donors (Lipinski definition) is 2. The highest BCUT2D eigenvalue weighted by molar-refractivity contribution is 5.85. The second-order valence-electron chi connectivity index (χ2n) is 7.22. The van der Waals surface area contributed by atoms with Gasteiger partial charge in [0.15, 0.2) is 0 Å². The van der Waals surface area contributed by atoms with Gasteiger partial charge in [-0.25, -0.2) is 0 Å². The number of anilines is 2. The fourth-order valence-electron chi connectivity index (χ4n) is 3.61. The van der Waals surface area contributed by atoms with Gasteiger partial charge in [0, 0.05) is 49.7 Å². The van der Waals surface area contributed by atoms with Crippen molar-refractivity contribution in [3.05, 3.63) is 48.0 Å². The van der Waals surface area contributed by atoms with E-state index in [9.17, 15) is 0 Å². The molecular formula is C23H32N4O2. The van der Waals surface area contributed by atoms with Gasteiger partial charge in [-0.15, -0.1) is 0 Å². The van der Waals surface area contributed by atoms with Gasteiger partial charge in [-0.2, -0.15) is 0 Å². The summed E-state index contributed by atoms with van der Waals surface area (Å²) >= 11 is 0. The molecule has 0 unspecified atom stereocenters. The van der Waals surface area contributed by atoms with E-state index in [2.05, 4.69) is 28.0 Å². The van der Waals surface area contributed by atoms with Crippen LogP contribution in [0.25, 0.3) is 0 Å². The number of benzene rings is 2. The Morgan fingerprint density at radius 3 is 2.55 bits per heavy atom.